The Bertz CT molecular complexity index is 1210. The number of anilines is 1. The summed E-state index contributed by atoms with van der Waals surface area (Å²) in [6.45, 7) is 3.50. The van der Waals surface area contributed by atoms with Crippen molar-refractivity contribution in [1.29, 1.82) is 0 Å². The molecular formula is C25H22N2O3S. The van der Waals surface area contributed by atoms with Gasteiger partial charge in [-0.05, 0) is 48.7 Å². The summed E-state index contributed by atoms with van der Waals surface area (Å²) in [7, 11) is 0. The molecule has 0 saturated carbocycles. The molecular weight excluding hydrogens is 408 g/mol. The topological polar surface area (TPSA) is 68.3 Å². The van der Waals surface area contributed by atoms with Gasteiger partial charge in [0.05, 0.1) is 20.8 Å². The highest BCUT2D eigenvalue weighted by atomic mass is 32.1. The maximum absolute atomic E-state index is 12.7. The Balaban J connectivity index is 1.43. The van der Waals surface area contributed by atoms with Crippen LogP contribution >= 0.6 is 11.3 Å². The molecule has 3 aromatic carbocycles. The number of thiazole rings is 1. The van der Waals surface area contributed by atoms with Crippen LogP contribution < -0.4 is 5.32 Å². The first-order chi connectivity index (χ1) is 15.0. The van der Waals surface area contributed by atoms with E-state index in [4.69, 9.17) is 4.74 Å². The molecule has 4 aromatic rings. The predicted octanol–water partition coefficient (Wildman–Crippen LogP) is 5.30. The van der Waals surface area contributed by atoms with Crippen LogP contribution in [-0.2, 0) is 16.0 Å². The number of nitrogens with one attached hydrogen (secondary N) is 1. The number of hydrogen-bond donors (Lipinski definition) is 1. The highest BCUT2D eigenvalue weighted by Crippen LogP contribution is 2.25. The van der Waals surface area contributed by atoms with Gasteiger partial charge in [0.15, 0.2) is 6.61 Å². The first-order valence-electron chi connectivity index (χ1n) is 9.97. The van der Waals surface area contributed by atoms with Crippen molar-refractivity contribution in [3.8, 4) is 0 Å². The van der Waals surface area contributed by atoms with E-state index < -0.39 is 5.97 Å². The fourth-order valence-corrected chi connectivity index (χ4v) is 4.42. The number of para-hydroxylation sites is 2. The van der Waals surface area contributed by atoms with Crippen molar-refractivity contribution in [2.24, 2.45) is 0 Å². The minimum atomic E-state index is -0.520. The van der Waals surface area contributed by atoms with Crippen molar-refractivity contribution in [3.05, 3.63) is 94.0 Å². The molecule has 0 aliphatic carbocycles. The van der Waals surface area contributed by atoms with Crippen LogP contribution in [-0.4, -0.2) is 23.5 Å². The Labute approximate surface area is 184 Å². The van der Waals surface area contributed by atoms with Crippen molar-refractivity contribution in [2.45, 2.75) is 20.3 Å². The number of hydrogen-bond acceptors (Lipinski definition) is 5. The van der Waals surface area contributed by atoms with E-state index in [0.29, 0.717) is 12.0 Å². The first kappa shape index (κ1) is 20.8. The Morgan fingerprint density at radius 2 is 1.65 bits per heavy atom. The lowest BCUT2D eigenvalue weighted by Gasteiger charge is -2.12. The second-order valence-corrected chi connectivity index (χ2v) is 8.42. The third-order valence-corrected chi connectivity index (χ3v) is 6.03. The van der Waals surface area contributed by atoms with Crippen molar-refractivity contribution < 1.29 is 14.3 Å². The number of aryl methyl sites for hydroxylation is 2. The molecule has 0 aliphatic rings. The normalized spacial score (nSPS) is 10.8. The summed E-state index contributed by atoms with van der Waals surface area (Å²) in [5, 5.41) is 3.76. The number of fused-ring (bicyclic) bond motifs is 1. The molecule has 0 aliphatic heterocycles. The van der Waals surface area contributed by atoms with Gasteiger partial charge in [0.25, 0.3) is 5.91 Å². The molecule has 0 bridgehead atoms. The van der Waals surface area contributed by atoms with Crippen LogP contribution in [0.2, 0.25) is 0 Å². The van der Waals surface area contributed by atoms with Gasteiger partial charge in [0, 0.05) is 12.1 Å². The summed E-state index contributed by atoms with van der Waals surface area (Å²) >= 11 is 1.61. The standard InChI is InChI=1S/C25H22N2O3S/c1-16-8-7-9-17(2)24(16)27-22(28)15-30-25(29)19-11-4-3-10-18(19)14-23-26-20-12-5-6-13-21(20)31-23/h3-13H,14-15H2,1-2H3,(H,27,28). The van der Waals surface area contributed by atoms with Crippen LogP contribution in [0, 0.1) is 13.8 Å². The first-order valence-corrected chi connectivity index (χ1v) is 10.8. The molecule has 1 aromatic heterocycles. The minimum Gasteiger partial charge on any atom is -0.452 e. The molecule has 1 amide bonds. The molecule has 0 radical (unpaired) electrons. The molecule has 5 nitrogen and oxygen atoms in total. The highest BCUT2D eigenvalue weighted by Gasteiger charge is 2.16. The maximum atomic E-state index is 12.7. The van der Waals surface area contributed by atoms with Crippen LogP contribution in [0.4, 0.5) is 5.69 Å². The summed E-state index contributed by atoms with van der Waals surface area (Å²) < 4.78 is 6.42. The molecule has 0 saturated heterocycles. The average molecular weight is 431 g/mol. The third-order valence-electron chi connectivity index (χ3n) is 5.00. The summed E-state index contributed by atoms with van der Waals surface area (Å²) in [6, 6.07) is 21.0. The van der Waals surface area contributed by atoms with Crippen LogP contribution in [0.5, 0.6) is 0 Å². The minimum absolute atomic E-state index is 0.345. The largest absolute Gasteiger partial charge is 0.452 e. The smallest absolute Gasteiger partial charge is 0.338 e. The van der Waals surface area contributed by atoms with E-state index >= 15 is 0 Å². The Morgan fingerprint density at radius 1 is 0.935 bits per heavy atom. The molecule has 156 valence electrons. The molecule has 0 spiro atoms. The number of rotatable bonds is 6. The summed E-state index contributed by atoms with van der Waals surface area (Å²) in [6.07, 6.45) is 0.527. The van der Waals surface area contributed by atoms with Gasteiger partial charge in [-0.25, -0.2) is 9.78 Å². The zero-order chi connectivity index (χ0) is 21.8. The van der Waals surface area contributed by atoms with Gasteiger partial charge in [-0.15, -0.1) is 11.3 Å². The second kappa shape index (κ2) is 9.10. The van der Waals surface area contributed by atoms with Gasteiger partial charge in [-0.2, -0.15) is 0 Å². The van der Waals surface area contributed by atoms with Crippen molar-refractivity contribution in [3.63, 3.8) is 0 Å². The number of carbonyl (C=O) groups excluding carboxylic acids is 2. The second-order valence-electron chi connectivity index (χ2n) is 7.30. The van der Waals surface area contributed by atoms with E-state index in [9.17, 15) is 9.59 Å². The van der Waals surface area contributed by atoms with Crippen molar-refractivity contribution >= 4 is 39.1 Å². The van der Waals surface area contributed by atoms with Gasteiger partial charge in [-0.3, -0.25) is 4.79 Å². The molecule has 6 heteroatoms. The zero-order valence-corrected chi connectivity index (χ0v) is 18.2. The lowest BCUT2D eigenvalue weighted by Crippen LogP contribution is -2.22. The molecule has 0 fully saturated rings. The number of carbonyl (C=O) groups is 2. The Hall–Kier alpha value is -3.51. The highest BCUT2D eigenvalue weighted by molar-refractivity contribution is 7.18. The summed E-state index contributed by atoms with van der Waals surface area (Å²) in [5.74, 6) is -0.886. The molecule has 1 N–H and O–H groups in total. The fourth-order valence-electron chi connectivity index (χ4n) is 3.43. The number of benzene rings is 3. The lowest BCUT2D eigenvalue weighted by molar-refractivity contribution is -0.119. The van der Waals surface area contributed by atoms with Gasteiger partial charge >= 0.3 is 5.97 Å². The van der Waals surface area contributed by atoms with E-state index in [1.54, 1.807) is 23.5 Å². The molecule has 0 unspecified atom stereocenters. The third kappa shape index (κ3) is 4.81. The maximum Gasteiger partial charge on any atom is 0.338 e. The zero-order valence-electron chi connectivity index (χ0n) is 17.3. The average Bonchev–Trinajstić information content (AvgIpc) is 3.17. The van der Waals surface area contributed by atoms with Crippen LogP contribution in [0.3, 0.4) is 0 Å². The van der Waals surface area contributed by atoms with E-state index in [1.165, 1.54) is 0 Å². The van der Waals surface area contributed by atoms with Crippen molar-refractivity contribution in [2.75, 3.05) is 11.9 Å². The van der Waals surface area contributed by atoms with Crippen molar-refractivity contribution in [1.82, 2.24) is 4.98 Å². The fraction of sp³-hybridized carbons (Fsp3) is 0.160. The monoisotopic (exact) mass is 430 g/mol. The number of aromatic nitrogens is 1. The van der Waals surface area contributed by atoms with Crippen LogP contribution in [0.15, 0.2) is 66.7 Å². The van der Waals surface area contributed by atoms with Gasteiger partial charge in [0.1, 0.15) is 0 Å². The van der Waals surface area contributed by atoms with E-state index in [-0.39, 0.29) is 12.5 Å². The van der Waals surface area contributed by atoms with Gasteiger partial charge in [0.2, 0.25) is 0 Å². The van der Waals surface area contributed by atoms with E-state index in [1.807, 2.05) is 68.4 Å². The lowest BCUT2D eigenvalue weighted by atomic mass is 10.1. The van der Waals surface area contributed by atoms with Gasteiger partial charge in [-0.1, -0.05) is 48.5 Å². The van der Waals surface area contributed by atoms with Crippen LogP contribution in [0.1, 0.15) is 32.1 Å². The van der Waals surface area contributed by atoms with Crippen LogP contribution in [0.25, 0.3) is 10.2 Å². The van der Waals surface area contributed by atoms with E-state index in [2.05, 4.69) is 10.3 Å². The Morgan fingerprint density at radius 3 is 2.42 bits per heavy atom. The van der Waals surface area contributed by atoms with Gasteiger partial charge < -0.3 is 10.1 Å². The number of esters is 1. The number of ether oxygens (including phenoxy) is 1. The summed E-state index contributed by atoms with van der Waals surface area (Å²) in [4.78, 5) is 29.7. The number of amides is 1. The SMILES string of the molecule is Cc1cccc(C)c1NC(=O)COC(=O)c1ccccc1Cc1nc2ccccc2s1. The molecule has 4 rings (SSSR count). The number of nitrogens with zero attached hydrogens (tertiary/aromatic N) is 1. The molecule has 31 heavy (non-hydrogen) atoms. The summed E-state index contributed by atoms with van der Waals surface area (Å²) in [5.41, 5.74) is 4.88. The Kier molecular flexibility index (Phi) is 6.09. The quantitative estimate of drug-likeness (QED) is 0.422. The molecule has 1 heterocycles. The predicted molar refractivity (Wildman–Crippen MR) is 124 cm³/mol. The van der Waals surface area contributed by atoms with E-state index in [0.717, 1.165) is 37.6 Å². The molecule has 0 atom stereocenters.